The topological polar surface area (TPSA) is 66.0 Å². The number of nitrogens with one attached hydrogen (secondary N) is 2. The Hall–Kier alpha value is -3.19. The second-order valence-electron chi connectivity index (χ2n) is 15.6. The molecule has 0 bridgehead atoms. The molecule has 258 valence electrons. The quantitative estimate of drug-likeness (QED) is 0.256. The number of carbonyl (C=O) groups is 1. The fourth-order valence-electron chi connectivity index (χ4n) is 9.50. The molecular weight excluding hydrogens is 597 g/mol. The summed E-state index contributed by atoms with van der Waals surface area (Å²) in [5, 5.41) is 12.0. The van der Waals surface area contributed by atoms with Crippen LogP contribution in [-0.2, 0) is 13.6 Å². The monoisotopic (exact) mass is 653 g/mol. The molecule has 6 nitrogen and oxygen atoms in total. The summed E-state index contributed by atoms with van der Waals surface area (Å²) < 4.78 is 17.9. The Bertz CT molecular complexity index is 1630. The van der Waals surface area contributed by atoms with Gasteiger partial charge in [0.15, 0.2) is 0 Å². The van der Waals surface area contributed by atoms with Crippen molar-refractivity contribution in [3.05, 3.63) is 88.0 Å². The highest BCUT2D eigenvalue weighted by atomic mass is 19.1. The number of benzene rings is 2. The first kappa shape index (κ1) is 33.3. The lowest BCUT2D eigenvalue weighted by atomic mass is 9.75. The molecule has 1 amide bonds. The van der Waals surface area contributed by atoms with Gasteiger partial charge in [0.2, 0.25) is 5.62 Å². The number of piperidine rings is 1. The summed E-state index contributed by atoms with van der Waals surface area (Å²) in [6.45, 7) is 3.51. The van der Waals surface area contributed by atoms with E-state index in [1.807, 2.05) is 46.8 Å². The van der Waals surface area contributed by atoms with Crippen LogP contribution in [0.25, 0.3) is 0 Å². The fraction of sp³-hybridized carbons (Fsp3) is 0.610. The third kappa shape index (κ3) is 7.36. The number of hydrogen-bond donors (Lipinski definition) is 2. The SMILES string of the molecule is Cc1cc([C@@H](NC(=O)c2cc(Cn3ccn(C)c3=N)cc(C3CCN(C4CCCCCCCCC4)C4CCCC34)c2)C2CC2)ccc1F. The zero-order valence-corrected chi connectivity index (χ0v) is 29.2. The Morgan fingerprint density at radius 3 is 2.33 bits per heavy atom. The zero-order chi connectivity index (χ0) is 33.2. The molecule has 1 aromatic heterocycles. The van der Waals surface area contributed by atoms with Gasteiger partial charge in [0.1, 0.15) is 5.82 Å². The van der Waals surface area contributed by atoms with Crippen LogP contribution in [-0.4, -0.2) is 38.6 Å². The minimum atomic E-state index is -0.208. The van der Waals surface area contributed by atoms with Crippen LogP contribution in [0, 0.1) is 30.0 Å². The van der Waals surface area contributed by atoms with Crippen molar-refractivity contribution in [3.63, 3.8) is 0 Å². The number of nitrogens with zero attached hydrogens (tertiary/aromatic N) is 3. The molecule has 2 aromatic carbocycles. The number of aryl methyl sites for hydroxylation is 2. The van der Waals surface area contributed by atoms with Crippen molar-refractivity contribution >= 4 is 5.91 Å². The Morgan fingerprint density at radius 1 is 0.896 bits per heavy atom. The number of fused-ring (bicyclic) bond motifs is 1. The molecule has 3 aliphatic carbocycles. The number of carbonyl (C=O) groups excluding carboxylic acids is 1. The average Bonchev–Trinajstić information content (AvgIpc) is 3.73. The van der Waals surface area contributed by atoms with Crippen LogP contribution in [0.3, 0.4) is 0 Å². The summed E-state index contributed by atoms with van der Waals surface area (Å²) in [5.74, 6) is 1.19. The molecule has 7 heteroatoms. The van der Waals surface area contributed by atoms with Gasteiger partial charge < -0.3 is 14.5 Å². The molecule has 48 heavy (non-hydrogen) atoms. The van der Waals surface area contributed by atoms with Crippen molar-refractivity contribution < 1.29 is 9.18 Å². The molecule has 7 rings (SSSR count). The Labute approximate surface area is 286 Å². The molecule has 3 unspecified atom stereocenters. The summed E-state index contributed by atoms with van der Waals surface area (Å²) in [7, 11) is 1.90. The molecule has 3 aromatic rings. The first-order valence-electron chi connectivity index (χ1n) is 19.1. The molecule has 0 spiro atoms. The van der Waals surface area contributed by atoms with E-state index in [0.29, 0.717) is 47.1 Å². The highest BCUT2D eigenvalue weighted by Crippen LogP contribution is 2.47. The van der Waals surface area contributed by atoms with Crippen molar-refractivity contribution in [1.29, 1.82) is 5.41 Å². The van der Waals surface area contributed by atoms with Crippen LogP contribution in [0.1, 0.15) is 141 Å². The highest BCUT2D eigenvalue weighted by molar-refractivity contribution is 5.95. The van der Waals surface area contributed by atoms with E-state index in [-0.39, 0.29) is 17.8 Å². The average molecular weight is 654 g/mol. The normalized spacial score (nSPS) is 25.0. The summed E-state index contributed by atoms with van der Waals surface area (Å²) in [6, 6.07) is 13.1. The van der Waals surface area contributed by atoms with E-state index in [0.717, 1.165) is 43.0 Å². The number of aromatic nitrogens is 2. The summed E-state index contributed by atoms with van der Waals surface area (Å²) in [5.41, 5.74) is 5.13. The Kier molecular flexibility index (Phi) is 10.2. The third-order valence-electron chi connectivity index (χ3n) is 12.3. The Balaban J connectivity index is 1.17. The van der Waals surface area contributed by atoms with E-state index in [4.69, 9.17) is 5.41 Å². The predicted octanol–water partition coefficient (Wildman–Crippen LogP) is 8.53. The van der Waals surface area contributed by atoms with Gasteiger partial charge in [-0.3, -0.25) is 15.1 Å². The van der Waals surface area contributed by atoms with E-state index in [2.05, 4.69) is 22.3 Å². The predicted molar refractivity (Wildman–Crippen MR) is 189 cm³/mol. The maximum atomic E-state index is 14.2. The van der Waals surface area contributed by atoms with Gasteiger partial charge in [-0.2, -0.15) is 0 Å². The zero-order valence-electron chi connectivity index (χ0n) is 29.2. The lowest BCUT2D eigenvalue weighted by Crippen LogP contribution is -2.50. The molecule has 4 aliphatic rings. The van der Waals surface area contributed by atoms with Crippen molar-refractivity contribution in [2.75, 3.05) is 6.54 Å². The van der Waals surface area contributed by atoms with Gasteiger partial charge in [-0.25, -0.2) is 4.39 Å². The second kappa shape index (κ2) is 14.7. The molecule has 2 heterocycles. The number of rotatable bonds is 8. The van der Waals surface area contributed by atoms with Crippen molar-refractivity contribution in [2.45, 2.75) is 134 Å². The van der Waals surface area contributed by atoms with Crippen molar-refractivity contribution in [2.24, 2.45) is 18.9 Å². The van der Waals surface area contributed by atoms with E-state index >= 15 is 0 Å². The molecule has 1 aliphatic heterocycles. The van der Waals surface area contributed by atoms with E-state index < -0.39 is 0 Å². The standard InChI is InChI=1S/C41H56FN5O/c1-28-23-31(17-18-37(28)42)39(30-15-16-30)44-40(48)33-25-29(27-46-22-21-45(2)41(46)43)24-32(26-33)35-19-20-47(38-14-10-13-36(35)38)34-11-8-6-4-3-5-7-9-12-34/h17-18,21-26,30,34-36,38-39,43H,3-16,19-20,27H2,1-2H3,(H,44,48)/t35?,36?,38?,39-/m0/s1. The van der Waals surface area contributed by atoms with Crippen LogP contribution in [0.4, 0.5) is 4.39 Å². The van der Waals surface area contributed by atoms with Crippen LogP contribution in [0.5, 0.6) is 0 Å². The highest BCUT2D eigenvalue weighted by Gasteiger charge is 2.43. The maximum Gasteiger partial charge on any atom is 0.251 e. The van der Waals surface area contributed by atoms with Gasteiger partial charge in [0.25, 0.3) is 5.91 Å². The van der Waals surface area contributed by atoms with Gasteiger partial charge in [-0.1, -0.05) is 69.6 Å². The Morgan fingerprint density at radius 2 is 1.65 bits per heavy atom. The van der Waals surface area contributed by atoms with Gasteiger partial charge in [-0.05, 0) is 117 Å². The molecule has 1 saturated heterocycles. The molecule has 0 radical (unpaired) electrons. The smallest absolute Gasteiger partial charge is 0.251 e. The first-order chi connectivity index (χ1) is 23.4. The summed E-state index contributed by atoms with van der Waals surface area (Å²) in [6.07, 6.45) is 23.5. The molecule has 3 saturated carbocycles. The van der Waals surface area contributed by atoms with Crippen LogP contribution < -0.4 is 10.9 Å². The number of imidazole rings is 1. The fourth-order valence-corrected chi connectivity index (χ4v) is 9.50. The number of amides is 1. The van der Waals surface area contributed by atoms with Crippen LogP contribution in [0.2, 0.25) is 0 Å². The minimum absolute atomic E-state index is 0.0527. The largest absolute Gasteiger partial charge is 0.345 e. The minimum Gasteiger partial charge on any atom is -0.345 e. The first-order valence-corrected chi connectivity index (χ1v) is 19.1. The van der Waals surface area contributed by atoms with E-state index in [9.17, 15) is 9.18 Å². The van der Waals surface area contributed by atoms with Gasteiger partial charge >= 0.3 is 0 Å². The van der Waals surface area contributed by atoms with E-state index in [1.54, 1.807) is 6.92 Å². The number of likely N-dealkylation sites (tertiary alicyclic amines) is 1. The van der Waals surface area contributed by atoms with Crippen molar-refractivity contribution in [1.82, 2.24) is 19.4 Å². The van der Waals surface area contributed by atoms with Gasteiger partial charge in [0.05, 0.1) is 12.6 Å². The number of halogens is 1. The van der Waals surface area contributed by atoms with Crippen molar-refractivity contribution in [3.8, 4) is 0 Å². The molecule has 4 atom stereocenters. The summed E-state index contributed by atoms with van der Waals surface area (Å²) >= 11 is 0. The lowest BCUT2D eigenvalue weighted by molar-refractivity contribution is 0.0439. The lowest BCUT2D eigenvalue weighted by Gasteiger charge is -2.47. The summed E-state index contributed by atoms with van der Waals surface area (Å²) in [4.78, 5) is 17.1. The van der Waals surface area contributed by atoms with Gasteiger partial charge in [-0.15, -0.1) is 0 Å². The van der Waals surface area contributed by atoms with Crippen LogP contribution in [0.15, 0.2) is 48.8 Å². The van der Waals surface area contributed by atoms with E-state index in [1.165, 1.54) is 88.7 Å². The third-order valence-corrected chi connectivity index (χ3v) is 12.3. The molecule has 4 fully saturated rings. The van der Waals surface area contributed by atoms with Crippen LogP contribution >= 0.6 is 0 Å². The number of hydrogen-bond acceptors (Lipinski definition) is 3. The second-order valence-corrected chi connectivity index (χ2v) is 15.6. The molecule has 2 N–H and O–H groups in total. The van der Waals surface area contributed by atoms with Gasteiger partial charge in [0, 0.05) is 37.1 Å². The maximum absolute atomic E-state index is 14.2. The molecular formula is C41H56FN5O.